The van der Waals surface area contributed by atoms with Crippen LogP contribution in [-0.4, -0.2) is 36.0 Å². The Morgan fingerprint density at radius 3 is 2.52 bits per heavy atom. The molecule has 0 radical (unpaired) electrons. The average Bonchev–Trinajstić information content (AvgIpc) is 3.04. The second-order valence-electron chi connectivity index (χ2n) is 8.32. The van der Waals surface area contributed by atoms with Crippen molar-refractivity contribution in [2.24, 2.45) is 0 Å². The van der Waals surface area contributed by atoms with Crippen LogP contribution >= 0.6 is 0 Å². The van der Waals surface area contributed by atoms with Crippen molar-refractivity contribution in [3.05, 3.63) is 53.0 Å². The fourth-order valence-electron chi connectivity index (χ4n) is 4.54. The number of aromatic nitrogens is 3. The summed E-state index contributed by atoms with van der Waals surface area (Å²) < 4.78 is 1.77. The number of nitrogens with zero attached hydrogens (tertiary/aromatic N) is 3. The van der Waals surface area contributed by atoms with Crippen LogP contribution < -0.4 is 5.32 Å². The van der Waals surface area contributed by atoms with Gasteiger partial charge in [-0.1, -0.05) is 6.07 Å². The lowest BCUT2D eigenvalue weighted by Gasteiger charge is -2.36. The Hall–Kier alpha value is -2.64. The fourth-order valence-corrected chi connectivity index (χ4v) is 4.54. The summed E-state index contributed by atoms with van der Waals surface area (Å²) in [5.41, 5.74) is 2.90. The van der Waals surface area contributed by atoms with Crippen molar-refractivity contribution >= 4 is 5.65 Å². The van der Waals surface area contributed by atoms with Crippen molar-refractivity contribution in [1.29, 1.82) is 0 Å². The van der Waals surface area contributed by atoms with Gasteiger partial charge in [-0.05, 0) is 64.0 Å². The second-order valence-corrected chi connectivity index (χ2v) is 8.32. The maximum absolute atomic E-state index is 11.2. The Bertz CT molecular complexity index is 1040. The summed E-state index contributed by atoms with van der Waals surface area (Å²) in [6.45, 7) is 5.63. The molecule has 1 aliphatic carbocycles. The van der Waals surface area contributed by atoms with Gasteiger partial charge in [0.25, 0.3) is 0 Å². The number of aliphatic hydroxyl groups is 1. The summed E-state index contributed by atoms with van der Waals surface area (Å²) in [6.07, 6.45) is 5.30. The summed E-state index contributed by atoms with van der Waals surface area (Å²) in [5, 5.41) is 38.7. The molecule has 0 amide bonds. The molecule has 2 aromatic heterocycles. The van der Waals surface area contributed by atoms with Gasteiger partial charge < -0.3 is 15.3 Å². The first-order valence-corrected chi connectivity index (χ1v) is 10.1. The molecular formula is C22H28N4O3. The first-order valence-electron chi connectivity index (χ1n) is 10.1. The van der Waals surface area contributed by atoms with E-state index in [2.05, 4.69) is 15.4 Å². The van der Waals surface area contributed by atoms with Crippen LogP contribution in [0.5, 0.6) is 11.5 Å². The molecule has 0 saturated heterocycles. The number of benzene rings is 1. The van der Waals surface area contributed by atoms with E-state index in [4.69, 9.17) is 0 Å². The van der Waals surface area contributed by atoms with Crippen molar-refractivity contribution in [3.63, 3.8) is 0 Å². The molecule has 7 nitrogen and oxygen atoms in total. The topological polar surface area (TPSA) is 103 Å². The summed E-state index contributed by atoms with van der Waals surface area (Å²) in [5.74, 6) is 0.481. The third-order valence-corrected chi connectivity index (χ3v) is 6.04. The summed E-state index contributed by atoms with van der Waals surface area (Å²) >= 11 is 0. The Labute approximate surface area is 170 Å². The van der Waals surface area contributed by atoms with Gasteiger partial charge in [0.2, 0.25) is 0 Å². The van der Waals surface area contributed by atoms with Crippen molar-refractivity contribution in [2.45, 2.75) is 64.1 Å². The third-order valence-electron chi connectivity index (χ3n) is 6.04. The molecule has 7 heteroatoms. The smallest absolute Gasteiger partial charge is 0.155 e. The minimum Gasteiger partial charge on any atom is -0.508 e. The van der Waals surface area contributed by atoms with E-state index in [0.29, 0.717) is 5.56 Å². The Kier molecular flexibility index (Phi) is 4.96. The average molecular weight is 396 g/mol. The molecule has 3 aromatic rings. The highest BCUT2D eigenvalue weighted by Gasteiger charge is 2.32. The van der Waals surface area contributed by atoms with Gasteiger partial charge in [0.05, 0.1) is 11.4 Å². The molecule has 154 valence electrons. The normalized spacial score (nSPS) is 21.9. The maximum Gasteiger partial charge on any atom is 0.155 e. The molecule has 1 aliphatic rings. The number of nitrogens with one attached hydrogen (secondary N) is 1. The molecule has 1 saturated carbocycles. The van der Waals surface area contributed by atoms with Crippen LogP contribution in [0.4, 0.5) is 0 Å². The zero-order valence-corrected chi connectivity index (χ0v) is 17.1. The van der Waals surface area contributed by atoms with E-state index in [0.717, 1.165) is 48.3 Å². The van der Waals surface area contributed by atoms with Gasteiger partial charge in [0.1, 0.15) is 17.2 Å². The lowest BCUT2D eigenvalue weighted by atomic mass is 9.81. The number of rotatable bonds is 4. The molecule has 1 aromatic carbocycles. The number of phenols is 2. The predicted octanol–water partition coefficient (Wildman–Crippen LogP) is 3.24. The summed E-state index contributed by atoms with van der Waals surface area (Å²) in [6, 6.07) is 6.89. The van der Waals surface area contributed by atoms with Crippen molar-refractivity contribution in [2.75, 3.05) is 0 Å². The van der Waals surface area contributed by atoms with Crippen LogP contribution in [0, 0.1) is 13.8 Å². The monoisotopic (exact) mass is 396 g/mol. The molecule has 2 heterocycles. The number of aromatic hydroxyl groups is 2. The van der Waals surface area contributed by atoms with E-state index >= 15 is 0 Å². The molecule has 0 bridgehead atoms. The molecule has 1 atom stereocenters. The standard InChI is InChI=1S/C22H28N4O3/c1-13-10-21-23-12-19(14(2)26(21)25-13)22(3,29)24-16-6-4-15(5-7-16)18-9-8-17(27)11-20(18)28/h8-12,15-16,24,27-29H,4-7H2,1-3H3. The van der Waals surface area contributed by atoms with Crippen molar-refractivity contribution < 1.29 is 15.3 Å². The Morgan fingerprint density at radius 2 is 1.83 bits per heavy atom. The van der Waals surface area contributed by atoms with Crippen LogP contribution in [0.15, 0.2) is 30.5 Å². The molecule has 1 unspecified atom stereocenters. The van der Waals surface area contributed by atoms with Gasteiger partial charge in [0.15, 0.2) is 5.65 Å². The van der Waals surface area contributed by atoms with Gasteiger partial charge >= 0.3 is 0 Å². The van der Waals surface area contributed by atoms with E-state index in [-0.39, 0.29) is 23.5 Å². The van der Waals surface area contributed by atoms with Crippen molar-refractivity contribution in [1.82, 2.24) is 19.9 Å². The van der Waals surface area contributed by atoms with Crippen LogP contribution in [0.25, 0.3) is 5.65 Å². The highest BCUT2D eigenvalue weighted by Crippen LogP contribution is 2.39. The number of phenolic OH excluding ortho intramolecular Hbond substituents is 2. The molecule has 0 aliphatic heterocycles. The molecule has 4 N–H and O–H groups in total. The molecule has 4 rings (SSSR count). The number of hydrogen-bond donors (Lipinski definition) is 4. The molecule has 0 spiro atoms. The minimum absolute atomic E-state index is 0.0750. The van der Waals surface area contributed by atoms with Crippen molar-refractivity contribution in [3.8, 4) is 11.5 Å². The highest BCUT2D eigenvalue weighted by atomic mass is 16.3. The molecular weight excluding hydrogens is 368 g/mol. The predicted molar refractivity (Wildman–Crippen MR) is 110 cm³/mol. The SMILES string of the molecule is Cc1cc2ncc(C(C)(O)NC3CCC(c4ccc(O)cc4O)CC3)c(C)n2n1. The number of hydrogen-bond acceptors (Lipinski definition) is 6. The van der Waals surface area contributed by atoms with Gasteiger partial charge in [-0.2, -0.15) is 5.10 Å². The van der Waals surface area contributed by atoms with Crippen LogP contribution in [0.2, 0.25) is 0 Å². The minimum atomic E-state index is -1.22. The molecule has 29 heavy (non-hydrogen) atoms. The largest absolute Gasteiger partial charge is 0.508 e. The van der Waals surface area contributed by atoms with Crippen LogP contribution in [-0.2, 0) is 5.72 Å². The second kappa shape index (κ2) is 7.31. The van der Waals surface area contributed by atoms with E-state index in [1.807, 2.05) is 19.9 Å². The quantitative estimate of drug-likeness (QED) is 0.505. The van der Waals surface area contributed by atoms with E-state index in [9.17, 15) is 15.3 Å². The first-order chi connectivity index (χ1) is 13.7. The van der Waals surface area contributed by atoms with E-state index in [1.54, 1.807) is 29.8 Å². The highest BCUT2D eigenvalue weighted by molar-refractivity contribution is 5.43. The zero-order valence-electron chi connectivity index (χ0n) is 17.1. The van der Waals surface area contributed by atoms with Crippen LogP contribution in [0.1, 0.15) is 61.0 Å². The zero-order chi connectivity index (χ0) is 20.8. The van der Waals surface area contributed by atoms with E-state index in [1.165, 1.54) is 6.07 Å². The lowest BCUT2D eigenvalue weighted by Crippen LogP contribution is -2.47. The van der Waals surface area contributed by atoms with Gasteiger partial charge in [-0.3, -0.25) is 5.32 Å². The van der Waals surface area contributed by atoms with Gasteiger partial charge in [-0.25, -0.2) is 9.50 Å². The Balaban J connectivity index is 1.46. The third kappa shape index (κ3) is 3.80. The fraction of sp³-hybridized carbons (Fsp3) is 0.455. The number of aryl methyl sites for hydroxylation is 2. The molecule has 1 fully saturated rings. The summed E-state index contributed by atoms with van der Waals surface area (Å²) in [4.78, 5) is 4.44. The summed E-state index contributed by atoms with van der Waals surface area (Å²) in [7, 11) is 0. The van der Waals surface area contributed by atoms with Gasteiger partial charge in [0, 0.05) is 29.9 Å². The maximum atomic E-state index is 11.2. The number of fused-ring (bicyclic) bond motifs is 1. The Morgan fingerprint density at radius 1 is 1.10 bits per heavy atom. The van der Waals surface area contributed by atoms with E-state index < -0.39 is 5.72 Å². The lowest BCUT2D eigenvalue weighted by molar-refractivity contribution is 0.000755. The van der Waals surface area contributed by atoms with Gasteiger partial charge in [-0.15, -0.1) is 0 Å². The van der Waals surface area contributed by atoms with Crippen LogP contribution in [0.3, 0.4) is 0 Å². The first kappa shape index (κ1) is 19.7.